The second-order valence-corrected chi connectivity index (χ2v) is 11.9. The highest BCUT2D eigenvalue weighted by atomic mass is 16.2. The van der Waals surface area contributed by atoms with E-state index >= 15 is 0 Å². The zero-order valence-electron chi connectivity index (χ0n) is 27.0. The molecular formula is C37H45N5O4. The summed E-state index contributed by atoms with van der Waals surface area (Å²) in [5.74, 6) is -0.773. The zero-order chi connectivity index (χ0) is 32.4. The smallest absolute Gasteiger partial charge is 0.261 e. The van der Waals surface area contributed by atoms with Gasteiger partial charge in [0.2, 0.25) is 0 Å². The van der Waals surface area contributed by atoms with E-state index in [1.54, 1.807) is 12.1 Å². The third-order valence-electron chi connectivity index (χ3n) is 8.47. The Morgan fingerprint density at radius 1 is 0.543 bits per heavy atom. The molecule has 9 nitrogen and oxygen atoms in total. The van der Waals surface area contributed by atoms with Crippen molar-refractivity contribution in [3.05, 3.63) is 89.0 Å². The minimum atomic E-state index is -0.193. The van der Waals surface area contributed by atoms with Crippen LogP contribution in [-0.4, -0.2) is 111 Å². The maximum atomic E-state index is 12.9. The van der Waals surface area contributed by atoms with Gasteiger partial charge in [-0.3, -0.25) is 29.0 Å². The Balaban J connectivity index is 0.000000209. The molecule has 4 aromatic carbocycles. The van der Waals surface area contributed by atoms with Crippen molar-refractivity contribution in [2.24, 2.45) is 0 Å². The fourth-order valence-electron chi connectivity index (χ4n) is 6.06. The fraction of sp³-hybridized carbons (Fsp3) is 0.351. The summed E-state index contributed by atoms with van der Waals surface area (Å²) >= 11 is 0. The summed E-state index contributed by atoms with van der Waals surface area (Å²) in [4.78, 5) is 59.8. The van der Waals surface area contributed by atoms with E-state index in [2.05, 4.69) is 18.7 Å². The van der Waals surface area contributed by atoms with Crippen molar-refractivity contribution in [3.8, 4) is 0 Å². The molecule has 2 aliphatic rings. The normalized spacial score (nSPS) is 13.8. The Kier molecular flexibility index (Phi) is 10.6. The molecule has 4 amide bonds. The quantitative estimate of drug-likeness (QED) is 0.229. The average molecular weight is 624 g/mol. The molecule has 0 bridgehead atoms. The molecule has 0 saturated heterocycles. The van der Waals surface area contributed by atoms with Gasteiger partial charge in [0.1, 0.15) is 0 Å². The molecule has 0 atom stereocenters. The highest BCUT2D eigenvalue weighted by Crippen LogP contribution is 2.36. The molecule has 0 aromatic heterocycles. The number of carbonyl (C=O) groups excluding carboxylic acids is 4. The van der Waals surface area contributed by atoms with E-state index in [0.29, 0.717) is 48.4 Å². The van der Waals surface area contributed by atoms with E-state index in [0.717, 1.165) is 40.3 Å². The average Bonchev–Trinajstić information content (AvgIpc) is 3.03. The minimum Gasteiger partial charge on any atom is -0.372 e. The molecule has 2 aliphatic heterocycles. The molecule has 0 radical (unpaired) electrons. The predicted molar refractivity (Wildman–Crippen MR) is 186 cm³/mol. The number of anilines is 1. The lowest BCUT2D eigenvalue weighted by atomic mass is 9.92. The predicted octanol–water partition coefficient (Wildman–Crippen LogP) is 5.48. The topological polar surface area (TPSA) is 84.5 Å². The van der Waals surface area contributed by atoms with Gasteiger partial charge < -0.3 is 14.7 Å². The van der Waals surface area contributed by atoms with E-state index in [1.165, 1.54) is 9.80 Å². The van der Waals surface area contributed by atoms with Crippen LogP contribution in [0.2, 0.25) is 0 Å². The minimum absolute atomic E-state index is 0. The van der Waals surface area contributed by atoms with Gasteiger partial charge >= 0.3 is 0 Å². The lowest BCUT2D eigenvalue weighted by Gasteiger charge is -2.30. The summed E-state index contributed by atoms with van der Waals surface area (Å²) in [7, 11) is 7.72. The first-order valence-corrected chi connectivity index (χ1v) is 15.4. The van der Waals surface area contributed by atoms with E-state index in [1.807, 2.05) is 92.6 Å². The third kappa shape index (κ3) is 6.25. The van der Waals surface area contributed by atoms with Crippen LogP contribution < -0.4 is 4.90 Å². The molecule has 0 spiro atoms. The van der Waals surface area contributed by atoms with E-state index in [9.17, 15) is 19.2 Å². The van der Waals surface area contributed by atoms with Gasteiger partial charge in [0.25, 0.3) is 23.6 Å². The number of nitrogens with zero attached hydrogens (tertiary/aromatic N) is 5. The molecule has 9 heteroatoms. The van der Waals surface area contributed by atoms with Gasteiger partial charge in [-0.25, -0.2) is 0 Å². The highest BCUT2D eigenvalue weighted by Gasteiger charge is 2.34. The van der Waals surface area contributed by atoms with Crippen LogP contribution >= 0.6 is 0 Å². The lowest BCUT2D eigenvalue weighted by molar-refractivity contribution is 0.0585. The van der Waals surface area contributed by atoms with Crippen LogP contribution in [-0.2, 0) is 0 Å². The maximum Gasteiger partial charge on any atom is 0.261 e. The Morgan fingerprint density at radius 3 is 1.39 bits per heavy atom. The number of carbonyl (C=O) groups is 4. The van der Waals surface area contributed by atoms with Gasteiger partial charge in [-0.2, -0.15) is 0 Å². The Morgan fingerprint density at radius 2 is 0.957 bits per heavy atom. The molecule has 0 saturated carbocycles. The summed E-state index contributed by atoms with van der Waals surface area (Å²) in [6.07, 6.45) is 0. The van der Waals surface area contributed by atoms with Crippen molar-refractivity contribution < 1.29 is 19.2 Å². The summed E-state index contributed by atoms with van der Waals surface area (Å²) in [6.45, 7) is 8.11. The fourth-order valence-corrected chi connectivity index (χ4v) is 6.06. The molecule has 2 heterocycles. The molecule has 4 aromatic rings. The van der Waals surface area contributed by atoms with Crippen LogP contribution in [0.4, 0.5) is 5.69 Å². The lowest BCUT2D eigenvalue weighted by Crippen LogP contribution is -2.43. The number of hydrogen-bond donors (Lipinski definition) is 0. The Labute approximate surface area is 272 Å². The first-order valence-electron chi connectivity index (χ1n) is 15.4. The van der Waals surface area contributed by atoms with Gasteiger partial charge in [0, 0.05) is 83.4 Å². The molecule has 0 aliphatic carbocycles. The standard InChI is InChI=1S/C20H25N3O2.C16H16N2O2.CH4/c1-5-22(6-2)17-11-10-16-18-14(17)8-7-9-15(18)19(24)23(20(16)25)13-12-21(3)4;1-17(2)9-10-18-15(19)12-7-3-5-11-6-4-8-13(14(11)12)16(18)20;/h7-11H,5-6,12-13H2,1-4H3;3-8H,9-10H2,1-2H3;1H4. The van der Waals surface area contributed by atoms with Gasteiger partial charge in [0.05, 0.1) is 0 Å². The summed E-state index contributed by atoms with van der Waals surface area (Å²) < 4.78 is 0. The largest absolute Gasteiger partial charge is 0.372 e. The van der Waals surface area contributed by atoms with Gasteiger partial charge in [-0.1, -0.05) is 43.8 Å². The van der Waals surface area contributed by atoms with Crippen molar-refractivity contribution in [1.82, 2.24) is 19.6 Å². The molecule has 46 heavy (non-hydrogen) atoms. The Hall–Kier alpha value is -4.60. The van der Waals surface area contributed by atoms with Crippen LogP contribution in [0.15, 0.2) is 66.7 Å². The second kappa shape index (κ2) is 14.2. The van der Waals surface area contributed by atoms with Crippen LogP contribution in [0.25, 0.3) is 21.5 Å². The molecule has 0 unspecified atom stereocenters. The van der Waals surface area contributed by atoms with Gasteiger partial charge in [-0.15, -0.1) is 0 Å². The SMILES string of the molecule is C.CCN(CC)c1ccc2c3c(cccc13)C(=O)N(CCN(C)C)C2=O.CN(C)CCN1C(=O)c2cccc3cccc(c23)C1=O. The number of benzene rings is 4. The number of amides is 4. The summed E-state index contributed by atoms with van der Waals surface area (Å²) in [6, 6.07) is 20.8. The number of rotatable bonds is 9. The first-order chi connectivity index (χ1) is 21.6. The zero-order valence-corrected chi connectivity index (χ0v) is 27.0. The van der Waals surface area contributed by atoms with Crippen molar-refractivity contribution in [2.45, 2.75) is 21.3 Å². The number of imide groups is 2. The monoisotopic (exact) mass is 623 g/mol. The Bertz CT molecular complexity index is 1720. The molecule has 6 rings (SSSR count). The highest BCUT2D eigenvalue weighted by molar-refractivity contribution is 6.27. The van der Waals surface area contributed by atoms with Gasteiger partial charge in [0.15, 0.2) is 0 Å². The first kappa shape index (κ1) is 34.3. The molecule has 0 fully saturated rings. The van der Waals surface area contributed by atoms with Crippen LogP contribution in [0.5, 0.6) is 0 Å². The number of hydrogen-bond acceptors (Lipinski definition) is 7. The van der Waals surface area contributed by atoms with Crippen molar-refractivity contribution >= 4 is 50.9 Å². The van der Waals surface area contributed by atoms with Crippen molar-refractivity contribution in [3.63, 3.8) is 0 Å². The van der Waals surface area contributed by atoms with E-state index < -0.39 is 0 Å². The summed E-state index contributed by atoms with van der Waals surface area (Å²) in [5.41, 5.74) is 3.57. The number of likely N-dealkylation sites (N-methyl/N-ethyl adjacent to an activating group) is 2. The van der Waals surface area contributed by atoms with Crippen LogP contribution in [0.3, 0.4) is 0 Å². The molecular weight excluding hydrogens is 578 g/mol. The van der Waals surface area contributed by atoms with Crippen LogP contribution in [0, 0.1) is 0 Å². The van der Waals surface area contributed by atoms with Gasteiger partial charge in [-0.05, 0) is 77.8 Å². The van der Waals surface area contributed by atoms with Crippen molar-refractivity contribution in [2.75, 3.05) is 72.4 Å². The van der Waals surface area contributed by atoms with Crippen molar-refractivity contribution in [1.29, 1.82) is 0 Å². The molecule has 242 valence electrons. The van der Waals surface area contributed by atoms with Crippen LogP contribution in [0.1, 0.15) is 62.7 Å². The summed E-state index contributed by atoms with van der Waals surface area (Å²) in [5, 5.41) is 3.50. The van der Waals surface area contributed by atoms with E-state index in [-0.39, 0.29) is 31.1 Å². The van der Waals surface area contributed by atoms with E-state index in [4.69, 9.17) is 0 Å². The third-order valence-corrected chi connectivity index (χ3v) is 8.47. The second-order valence-electron chi connectivity index (χ2n) is 11.9. The molecule has 0 N–H and O–H groups in total. The maximum absolute atomic E-state index is 12.9.